The molecule has 2 amide bonds. The van der Waals surface area contributed by atoms with E-state index in [1.165, 1.54) is 123 Å². The predicted octanol–water partition coefficient (Wildman–Crippen LogP) is 23.3. The summed E-state index contributed by atoms with van der Waals surface area (Å²) in [5, 5.41) is 55.3. The van der Waals surface area contributed by atoms with Gasteiger partial charge in [0, 0.05) is 192 Å². The number of piperidine rings is 5. The van der Waals surface area contributed by atoms with Crippen LogP contribution in [0.25, 0.3) is 0 Å². The van der Waals surface area contributed by atoms with E-state index in [-0.39, 0.29) is 114 Å². The summed E-state index contributed by atoms with van der Waals surface area (Å²) in [6, 6.07) is 81.5. The van der Waals surface area contributed by atoms with Crippen LogP contribution in [0.1, 0.15) is 267 Å². The maximum Gasteiger partial charge on any atom is 0.410 e. The van der Waals surface area contributed by atoms with E-state index in [2.05, 4.69) is 218 Å². The quantitative estimate of drug-likeness (QED) is 0.0195. The van der Waals surface area contributed by atoms with Crippen LogP contribution in [0, 0.1) is 28.9 Å². The SMILES string of the molecule is C.CC#N.CC(C)(C)OC(=O)N1CCC2(CC1)CC(=O)c1ccccc12.CC(C)(C)OC(=O)N1CCC2(CCNc3cc([N+](=O)[O-])ccc32)CC1.CO.Cl.ClCCl.NO.O.O.O/N=C1/CC2(CCN(Cc3ccccc3)CC2)c2ccccc21.O=C1CC2(CCN(Cc3ccccc3)CC2)c2ccccc21.[CH3-].[Pd].c1ccc(CN2CCC3(CCNc4ccccc43)CC2)cc1.c1ccc2c(c1)NCCC21CCCCC1. The largest absolute Gasteiger partial charge is 0.444 e. The van der Waals surface area contributed by atoms with Crippen molar-refractivity contribution in [3.8, 4) is 6.07 Å². The van der Waals surface area contributed by atoms with Gasteiger partial charge >= 0.3 is 12.2 Å². The molecule has 9 aromatic rings. The van der Waals surface area contributed by atoms with Gasteiger partial charge in [0.1, 0.15) is 11.2 Å². The smallest absolute Gasteiger partial charge is 0.410 e. The number of nitro groups is 1. The zero-order valence-corrected chi connectivity index (χ0v) is 89.4. The molecule has 792 valence electrons. The number of hydrogen-bond donors (Lipinski definition) is 7. The Labute approximate surface area is 891 Å². The number of hydrogen-bond acceptors (Lipinski definition) is 20. The summed E-state index contributed by atoms with van der Waals surface area (Å²) in [7, 11) is 1.00. The first-order valence-corrected chi connectivity index (χ1v) is 50.9. The number of nitrogens with zero attached hydrogens (tertiary/aromatic N) is 8. The number of Topliss-reactive ketones (excluding diaryl/α,β-unsaturated/α-hetero) is 2. The molecular formula is C116H158Cl3N12O13Pd-. The van der Waals surface area contributed by atoms with Crippen LogP contribution in [0.3, 0.4) is 0 Å². The topological polar surface area (TPSA) is 368 Å². The Kier molecular flexibility index (Phi) is 49.4. The zero-order chi connectivity index (χ0) is 99.3. The van der Waals surface area contributed by atoms with E-state index in [1.807, 2.05) is 84.0 Å². The number of nitrogens with two attached hydrogens (primary N) is 1. The summed E-state index contributed by atoms with van der Waals surface area (Å²) >= 11 is 9.53. The molecule has 0 atom stereocenters. The molecule has 6 fully saturated rings. The number of carbonyl (C=O) groups excluding carboxylic acids is 4. The number of non-ortho nitro benzene ring substituents is 1. The Bertz CT molecular complexity index is 5570. The van der Waals surface area contributed by atoms with Crippen molar-refractivity contribution in [3.05, 3.63) is 315 Å². The molecule has 145 heavy (non-hydrogen) atoms. The molecule has 29 heteroatoms. The molecule has 21 rings (SSSR count). The monoisotopic (exact) mass is 2140 g/mol. The number of fused-ring (bicyclic) bond motifs is 12. The van der Waals surface area contributed by atoms with Gasteiger partial charge in [-0.2, -0.15) is 5.26 Å². The van der Waals surface area contributed by atoms with Crippen LogP contribution in [0.15, 0.2) is 236 Å². The number of ketones is 2. The van der Waals surface area contributed by atoms with Crippen molar-refractivity contribution < 1.29 is 80.5 Å². The number of nitriles is 1. The van der Waals surface area contributed by atoms with Crippen LogP contribution < -0.4 is 21.8 Å². The van der Waals surface area contributed by atoms with Gasteiger partial charge in [-0.05, 0) is 251 Å². The van der Waals surface area contributed by atoms with Crippen molar-refractivity contribution in [2.75, 3.05) is 113 Å². The number of carbonyl (C=O) groups is 4. The fraction of sp³-hybridized carbons (Fsp3) is 0.474. The maximum atomic E-state index is 12.3. The number of rotatable bonds is 7. The molecule has 25 nitrogen and oxygen atoms in total. The molecule has 1 saturated carbocycles. The Morgan fingerprint density at radius 1 is 0.434 bits per heavy atom. The minimum Gasteiger partial charge on any atom is -0.444 e. The van der Waals surface area contributed by atoms with E-state index in [0.29, 0.717) is 55.6 Å². The van der Waals surface area contributed by atoms with Crippen LogP contribution in [-0.4, -0.2) is 194 Å². The van der Waals surface area contributed by atoms with E-state index < -0.39 is 11.2 Å². The van der Waals surface area contributed by atoms with Crippen LogP contribution in [0.4, 0.5) is 32.3 Å². The first-order valence-electron chi connectivity index (χ1n) is 49.8. The number of oxime groups is 1. The number of ether oxygens (including phenoxy) is 2. The Morgan fingerprint density at radius 2 is 0.710 bits per heavy atom. The fourth-order valence-corrected chi connectivity index (χ4v) is 23.3. The van der Waals surface area contributed by atoms with Crippen molar-refractivity contribution in [1.82, 2.24) is 24.5 Å². The van der Waals surface area contributed by atoms with Crippen LogP contribution >= 0.6 is 35.6 Å². The molecule has 0 unspecified atom stereocenters. The first-order chi connectivity index (χ1) is 67.2. The van der Waals surface area contributed by atoms with Gasteiger partial charge in [-0.3, -0.25) is 34.4 Å². The fourth-order valence-electron chi connectivity index (χ4n) is 23.3. The number of nitrogens with one attached hydrogen (secondary N) is 3. The first kappa shape index (κ1) is 124. The third kappa shape index (κ3) is 31.5. The van der Waals surface area contributed by atoms with Gasteiger partial charge in [-0.15, -0.1) is 35.6 Å². The number of aliphatic hydroxyl groups is 1. The summed E-state index contributed by atoms with van der Waals surface area (Å²) in [5.74, 6) is 4.08. The molecule has 8 heterocycles. The van der Waals surface area contributed by atoms with Gasteiger partial charge in [-0.25, -0.2) is 15.5 Å². The van der Waals surface area contributed by atoms with Crippen LogP contribution in [0.5, 0.6) is 0 Å². The van der Waals surface area contributed by atoms with Gasteiger partial charge in [0.25, 0.3) is 5.69 Å². The van der Waals surface area contributed by atoms with Crippen molar-refractivity contribution in [3.63, 3.8) is 0 Å². The van der Waals surface area contributed by atoms with Gasteiger partial charge < -0.3 is 69.1 Å². The second-order valence-corrected chi connectivity index (χ2v) is 41.8. The number of halogens is 3. The van der Waals surface area contributed by atoms with Gasteiger partial charge in [0.05, 0.1) is 22.0 Å². The van der Waals surface area contributed by atoms with E-state index in [0.717, 1.165) is 170 Å². The molecule has 0 bridgehead atoms. The average Bonchev–Trinajstić information content (AvgIpc) is 1.74. The molecule has 9 aromatic carbocycles. The summed E-state index contributed by atoms with van der Waals surface area (Å²) in [6.45, 7) is 28.3. The van der Waals surface area contributed by atoms with Crippen LogP contribution in [-0.2, 0) is 82.0 Å². The van der Waals surface area contributed by atoms with Crippen molar-refractivity contribution in [1.29, 1.82) is 5.26 Å². The number of likely N-dealkylation sites (tertiary alicyclic amines) is 5. The Morgan fingerprint density at radius 3 is 1.06 bits per heavy atom. The van der Waals surface area contributed by atoms with E-state index in [1.54, 1.807) is 39.1 Å². The zero-order valence-electron chi connectivity index (χ0n) is 85.6. The normalized spacial score (nSPS) is 18.6. The molecule has 4 aliphatic carbocycles. The molecule has 0 radical (unpaired) electrons. The van der Waals surface area contributed by atoms with Crippen LogP contribution in [0.2, 0.25) is 0 Å². The number of alkyl halides is 2. The summed E-state index contributed by atoms with van der Waals surface area (Å²) in [6.07, 6.45) is 22.8. The molecule has 0 aromatic heterocycles. The van der Waals surface area contributed by atoms with Gasteiger partial charge in [0.15, 0.2) is 11.6 Å². The number of anilines is 3. The number of aliphatic hydroxyl groups excluding tert-OH is 1. The summed E-state index contributed by atoms with van der Waals surface area (Å²) in [5.41, 5.74) is 20.1. The second kappa shape index (κ2) is 58.0. The minimum atomic E-state index is -0.494. The Balaban J connectivity index is 0.000000260. The third-order valence-corrected chi connectivity index (χ3v) is 30.3. The Hall–Kier alpha value is -10.2. The number of para-hydroxylation sites is 2. The van der Waals surface area contributed by atoms with E-state index in [4.69, 9.17) is 48.3 Å². The van der Waals surface area contributed by atoms with Crippen molar-refractivity contribution in [2.24, 2.45) is 11.1 Å². The van der Waals surface area contributed by atoms with Gasteiger partial charge in [0.2, 0.25) is 0 Å². The standard InChI is InChI=1S/C20H22N2O.C20H24N2.C20H21NO.C18H25N3O4.C18H23NO3.C14H19N.C2H3N.CH2Cl2.CH4O.CH4.CH3.ClH.H3NO.2H2O.Pd/c23-21-19-14-20(18-9-5-4-8-17(18)19)10-12-22(13-11-20)15-16-6-2-1-3-7-16;1-2-6-17(7-3-1)16-22-14-11-20(12-15-22)10-13-21-19-9-5-4-8-18(19)20;22-19-14-20(18-9-5-4-8-17(18)19)10-12-21(13-11-20)15-16-6-2-1-3-7-16;1-17(2,3)25-16(22)20-10-7-18(8-11-20)6-9-19-15-12-13(21(23)24)4-5-14(15)18;1-17(2,3)22-16(21)19-10-8-18(9-11-19)12-15(20)13-6-4-5-7-14(13)18;1-4-8-14(9-5-1)10-11-15-13-7-3-2-6-12(13)14;1-2-3;2-1-3;1-2;;;;1-2;;;/h1-9,23H,10-15H2;1-9,21H,10-16H2;1-9H,10-15H2;4-5,12,19H,6-11H2,1-3H3;4-7H,8-12H2,1-3H3;2-3,6-7,15H,1,4-5,8-11H2;1H3;1H2;2H,1H3;1H4;1H3;1H;2H,1H2;2*1H2;/q;;;;;;;;;;-1;;;;;/b21-19-;;;;;;;;;;;;;;;. The molecule has 12 aliphatic rings. The van der Waals surface area contributed by atoms with Crippen molar-refractivity contribution in [2.45, 2.75) is 254 Å². The summed E-state index contributed by atoms with van der Waals surface area (Å²) in [4.78, 5) is 70.8. The second-order valence-electron chi connectivity index (χ2n) is 41.0. The van der Waals surface area contributed by atoms with E-state index >= 15 is 0 Å². The number of benzene rings is 9. The number of nitro benzene ring substituents is 1. The average molecular weight is 2140 g/mol. The maximum absolute atomic E-state index is 12.3. The third-order valence-electron chi connectivity index (χ3n) is 30.3. The predicted molar refractivity (Wildman–Crippen MR) is 585 cm³/mol. The molecule has 5 saturated heterocycles. The van der Waals surface area contributed by atoms with Gasteiger partial charge in [-0.1, -0.05) is 232 Å². The molecule has 8 aliphatic heterocycles. The molecule has 6 spiro atoms. The molecular weight excluding hydrogens is 1980 g/mol. The minimum absolute atomic E-state index is 0. The molecule has 12 N–H and O–H groups in total. The number of amides is 2. The van der Waals surface area contributed by atoms with Crippen molar-refractivity contribution >= 4 is 87.8 Å². The van der Waals surface area contributed by atoms with E-state index in [9.17, 15) is 34.5 Å². The summed E-state index contributed by atoms with van der Waals surface area (Å²) < 4.78 is 10.9.